The van der Waals surface area contributed by atoms with Gasteiger partial charge >= 0.3 is 5.97 Å². The molecule has 0 amide bonds. The van der Waals surface area contributed by atoms with Crippen molar-refractivity contribution in [2.75, 3.05) is 13.1 Å². The molecule has 0 spiro atoms. The fraction of sp³-hybridized carbons (Fsp3) is 0.545. The number of aliphatic hydroxyl groups is 2. The predicted octanol–water partition coefficient (Wildman–Crippen LogP) is -1.07. The molecule has 8 nitrogen and oxygen atoms in total. The first-order chi connectivity index (χ1) is 9.27. The molecule has 1 aliphatic rings. The average molecular weight is 304 g/mol. The Labute approximate surface area is 115 Å². The fourth-order valence-corrected chi connectivity index (χ4v) is 3.66. The molecular weight excluding hydrogens is 288 g/mol. The number of hydrogen-bond acceptors (Lipinski definition) is 5. The number of hydrogen-bond donors (Lipinski definition) is 3. The Balaban J connectivity index is 2.38. The molecule has 0 radical (unpaired) electrons. The Kier molecular flexibility index (Phi) is 3.87. The van der Waals surface area contributed by atoms with Gasteiger partial charge in [-0.1, -0.05) is 0 Å². The number of carbonyl (C=O) groups is 1. The Bertz CT molecular complexity index is 613. The lowest BCUT2D eigenvalue weighted by molar-refractivity contribution is 0.0572. The topological polar surface area (TPSA) is 120 Å². The summed E-state index contributed by atoms with van der Waals surface area (Å²) in [6, 6.07) is 1.08. The van der Waals surface area contributed by atoms with Crippen LogP contribution in [0.15, 0.2) is 17.2 Å². The van der Waals surface area contributed by atoms with Crippen molar-refractivity contribution < 1.29 is 28.5 Å². The van der Waals surface area contributed by atoms with Gasteiger partial charge in [-0.3, -0.25) is 0 Å². The van der Waals surface area contributed by atoms with Crippen molar-refractivity contribution in [3.05, 3.63) is 18.0 Å². The monoisotopic (exact) mass is 304 g/mol. The van der Waals surface area contributed by atoms with Crippen LogP contribution in [-0.2, 0) is 16.6 Å². The van der Waals surface area contributed by atoms with Crippen molar-refractivity contribution in [1.82, 2.24) is 8.87 Å². The summed E-state index contributed by atoms with van der Waals surface area (Å²) in [6.45, 7) is 1.61. The van der Waals surface area contributed by atoms with Gasteiger partial charge in [-0.25, -0.2) is 13.2 Å². The van der Waals surface area contributed by atoms with Gasteiger partial charge in [0.2, 0.25) is 10.0 Å². The highest BCUT2D eigenvalue weighted by Crippen LogP contribution is 2.23. The standard InChI is InChI=1S/C11H16N2O6S/c1-2-12-4-7(3-8(12)11(16)17)20(18,19)13-5-9(14)10(15)6-13/h3-4,9-10,14-15H,2,5-6H2,1H3,(H,16,17)/t9-,10+. The summed E-state index contributed by atoms with van der Waals surface area (Å²) in [7, 11) is -3.92. The van der Waals surface area contributed by atoms with Gasteiger partial charge in [0.15, 0.2) is 0 Å². The third-order valence-corrected chi connectivity index (χ3v) is 5.09. The molecule has 2 atom stereocenters. The molecule has 0 saturated carbocycles. The maximum atomic E-state index is 12.3. The minimum absolute atomic E-state index is 0.119. The summed E-state index contributed by atoms with van der Waals surface area (Å²) < 4.78 is 26.9. The summed E-state index contributed by atoms with van der Waals surface area (Å²) in [6.07, 6.45) is -1.01. The number of nitrogens with zero attached hydrogens (tertiary/aromatic N) is 2. The van der Waals surface area contributed by atoms with Crippen molar-refractivity contribution in [3.63, 3.8) is 0 Å². The minimum atomic E-state index is -3.92. The molecule has 2 rings (SSSR count). The van der Waals surface area contributed by atoms with E-state index in [0.29, 0.717) is 6.54 Å². The molecular formula is C11H16N2O6S. The van der Waals surface area contributed by atoms with E-state index in [1.165, 1.54) is 10.8 Å². The Hall–Kier alpha value is -1.42. The Morgan fingerprint density at radius 2 is 1.90 bits per heavy atom. The molecule has 1 saturated heterocycles. The van der Waals surface area contributed by atoms with Crippen LogP contribution in [0.25, 0.3) is 0 Å². The lowest BCUT2D eigenvalue weighted by Gasteiger charge is -2.13. The molecule has 112 valence electrons. The van der Waals surface area contributed by atoms with Crippen molar-refractivity contribution >= 4 is 16.0 Å². The van der Waals surface area contributed by atoms with Gasteiger partial charge in [-0.2, -0.15) is 4.31 Å². The third-order valence-electron chi connectivity index (χ3n) is 3.29. The van der Waals surface area contributed by atoms with E-state index in [2.05, 4.69) is 0 Å². The van der Waals surface area contributed by atoms with Crippen LogP contribution in [0.2, 0.25) is 0 Å². The second-order valence-electron chi connectivity index (χ2n) is 4.61. The van der Waals surface area contributed by atoms with Gasteiger partial charge in [-0.05, 0) is 13.0 Å². The lowest BCUT2D eigenvalue weighted by Crippen LogP contribution is -2.29. The van der Waals surface area contributed by atoms with Gasteiger partial charge < -0.3 is 19.9 Å². The van der Waals surface area contributed by atoms with E-state index in [0.717, 1.165) is 10.4 Å². The van der Waals surface area contributed by atoms with Gasteiger partial charge in [-0.15, -0.1) is 0 Å². The highest BCUT2D eigenvalue weighted by atomic mass is 32.2. The molecule has 0 aromatic carbocycles. The van der Waals surface area contributed by atoms with Crippen molar-refractivity contribution in [3.8, 4) is 0 Å². The van der Waals surface area contributed by atoms with Crippen LogP contribution in [0.5, 0.6) is 0 Å². The summed E-state index contributed by atoms with van der Waals surface area (Å²) in [5, 5.41) is 27.9. The number of rotatable bonds is 4. The number of sulfonamides is 1. The summed E-state index contributed by atoms with van der Waals surface area (Å²) in [5.41, 5.74) is -0.119. The van der Waals surface area contributed by atoms with E-state index in [1.54, 1.807) is 6.92 Å². The number of aromatic carboxylic acids is 1. The summed E-state index contributed by atoms with van der Waals surface area (Å²) in [4.78, 5) is 10.9. The first-order valence-electron chi connectivity index (χ1n) is 6.07. The fourth-order valence-electron chi connectivity index (χ4n) is 2.15. The largest absolute Gasteiger partial charge is 0.477 e. The van der Waals surface area contributed by atoms with Gasteiger partial charge in [0.25, 0.3) is 0 Å². The number of carboxylic acids is 1. The number of carboxylic acid groups (broad SMARTS) is 1. The summed E-state index contributed by atoms with van der Waals surface area (Å²) in [5.74, 6) is -1.21. The second-order valence-corrected chi connectivity index (χ2v) is 6.55. The highest BCUT2D eigenvalue weighted by molar-refractivity contribution is 7.89. The SMILES string of the molecule is CCn1cc(S(=O)(=O)N2C[C@@H](O)[C@@H](O)C2)cc1C(=O)O. The minimum Gasteiger partial charge on any atom is -0.477 e. The number of aliphatic hydroxyl groups excluding tert-OH is 2. The third kappa shape index (κ3) is 2.44. The predicted molar refractivity (Wildman–Crippen MR) is 67.8 cm³/mol. The molecule has 0 bridgehead atoms. The smallest absolute Gasteiger partial charge is 0.352 e. The maximum absolute atomic E-state index is 12.3. The second kappa shape index (κ2) is 5.17. The van der Waals surface area contributed by atoms with Crippen molar-refractivity contribution in [1.29, 1.82) is 0 Å². The molecule has 1 aliphatic heterocycles. The summed E-state index contributed by atoms with van der Waals surface area (Å²) >= 11 is 0. The Morgan fingerprint density at radius 3 is 2.30 bits per heavy atom. The van der Waals surface area contributed by atoms with Gasteiger partial charge in [0.1, 0.15) is 10.6 Å². The van der Waals surface area contributed by atoms with Crippen LogP contribution in [0.3, 0.4) is 0 Å². The van der Waals surface area contributed by atoms with Crippen LogP contribution >= 0.6 is 0 Å². The van der Waals surface area contributed by atoms with Gasteiger partial charge in [0.05, 0.1) is 12.2 Å². The number of aromatic nitrogens is 1. The zero-order valence-corrected chi connectivity index (χ0v) is 11.6. The molecule has 0 unspecified atom stereocenters. The van der Waals surface area contributed by atoms with Crippen molar-refractivity contribution in [2.45, 2.75) is 30.6 Å². The van der Waals surface area contributed by atoms with E-state index < -0.39 is 28.2 Å². The van der Waals surface area contributed by atoms with Crippen LogP contribution in [0.1, 0.15) is 17.4 Å². The highest BCUT2D eigenvalue weighted by Gasteiger charge is 2.38. The quantitative estimate of drug-likeness (QED) is 0.651. The molecule has 2 heterocycles. The van der Waals surface area contributed by atoms with Crippen LogP contribution in [-0.4, -0.2) is 63.9 Å². The number of β-amino-alcohol motifs (C(OH)–C–C–N with tert-alkyl or cyclic N) is 2. The normalized spacial score (nSPS) is 24.1. The van der Waals surface area contributed by atoms with Crippen molar-refractivity contribution in [2.24, 2.45) is 0 Å². The van der Waals surface area contributed by atoms with Gasteiger partial charge in [0, 0.05) is 25.8 Å². The van der Waals surface area contributed by atoms with E-state index >= 15 is 0 Å². The molecule has 0 aliphatic carbocycles. The number of aryl methyl sites for hydroxylation is 1. The first-order valence-corrected chi connectivity index (χ1v) is 7.51. The van der Waals surface area contributed by atoms with Crippen LogP contribution in [0.4, 0.5) is 0 Å². The zero-order valence-electron chi connectivity index (χ0n) is 10.8. The molecule has 20 heavy (non-hydrogen) atoms. The maximum Gasteiger partial charge on any atom is 0.352 e. The van der Waals surface area contributed by atoms with E-state index in [4.69, 9.17) is 5.11 Å². The van der Waals surface area contributed by atoms with E-state index in [1.807, 2.05) is 0 Å². The average Bonchev–Trinajstić information content (AvgIpc) is 2.94. The lowest BCUT2D eigenvalue weighted by atomic mass is 10.3. The Morgan fingerprint density at radius 1 is 1.35 bits per heavy atom. The first kappa shape index (κ1) is 15.0. The molecule has 1 fully saturated rings. The van der Waals surface area contributed by atoms with E-state index in [-0.39, 0.29) is 23.7 Å². The molecule has 3 N–H and O–H groups in total. The van der Waals surface area contributed by atoms with Crippen LogP contribution < -0.4 is 0 Å². The molecule has 1 aromatic rings. The molecule has 1 aromatic heterocycles. The van der Waals surface area contributed by atoms with E-state index in [9.17, 15) is 23.4 Å². The van der Waals surface area contributed by atoms with Crippen LogP contribution in [0, 0.1) is 0 Å². The zero-order chi connectivity index (χ0) is 15.1. The molecule has 9 heteroatoms.